The van der Waals surface area contributed by atoms with Gasteiger partial charge < -0.3 is 14.1 Å². The number of hydrogen-bond donors (Lipinski definition) is 1. The minimum Gasteiger partial charge on any atom is -0.465 e. The molecule has 3 aromatic rings. The number of anilines is 1. The van der Waals surface area contributed by atoms with Crippen LogP contribution in [0.4, 0.5) is 10.8 Å². The molecule has 9 nitrogen and oxygen atoms in total. The van der Waals surface area contributed by atoms with Crippen molar-refractivity contribution in [2.24, 2.45) is 0 Å². The molecule has 32 heavy (non-hydrogen) atoms. The van der Waals surface area contributed by atoms with E-state index in [4.69, 9.17) is 4.42 Å². The van der Waals surface area contributed by atoms with Crippen LogP contribution in [0.2, 0.25) is 0 Å². The van der Waals surface area contributed by atoms with Crippen molar-refractivity contribution in [3.8, 4) is 0 Å². The van der Waals surface area contributed by atoms with E-state index in [2.05, 4.69) is 20.9 Å². The maximum Gasteiger partial charge on any atom is 0.408 e. The van der Waals surface area contributed by atoms with E-state index < -0.39 is 17.5 Å². The third-order valence-electron chi connectivity index (χ3n) is 6.72. The van der Waals surface area contributed by atoms with Crippen molar-refractivity contribution in [2.45, 2.75) is 51.1 Å². The number of nitrogens with zero attached hydrogens (tertiary/aromatic N) is 4. The molecular weight excluding hydrogens is 480 g/mol. The molecule has 3 heterocycles. The van der Waals surface area contributed by atoms with Gasteiger partial charge in [-0.3, -0.25) is 19.4 Å². The molecule has 2 aromatic heterocycles. The number of hydrogen-bond acceptors (Lipinski definition) is 5. The number of oxazole rings is 1. The second kappa shape index (κ2) is 7.06. The summed E-state index contributed by atoms with van der Waals surface area (Å²) in [5.41, 5.74) is 0.790. The van der Waals surface area contributed by atoms with Crippen LogP contribution in [0.3, 0.4) is 0 Å². The maximum atomic E-state index is 13.4. The van der Waals surface area contributed by atoms with Crippen molar-refractivity contribution in [3.05, 3.63) is 32.5 Å². The van der Waals surface area contributed by atoms with Gasteiger partial charge in [0.05, 0.1) is 5.52 Å². The Bertz CT molecular complexity index is 1360. The number of likely N-dealkylation sites (N-methyl/N-ethyl adjacent to an activating group) is 1. The lowest BCUT2D eigenvalue weighted by atomic mass is 9.97. The Hall–Kier alpha value is -2.88. The molecule has 2 amide bonds. The van der Waals surface area contributed by atoms with Crippen LogP contribution in [0.25, 0.3) is 22.0 Å². The van der Waals surface area contributed by atoms with Crippen molar-refractivity contribution in [1.82, 2.24) is 14.5 Å². The van der Waals surface area contributed by atoms with Crippen LogP contribution in [-0.2, 0) is 4.79 Å². The zero-order valence-corrected chi connectivity index (χ0v) is 19.6. The number of amides is 2. The molecule has 1 atom stereocenters. The van der Waals surface area contributed by atoms with Crippen LogP contribution in [-0.4, -0.2) is 50.7 Å². The number of rotatable bonds is 3. The first-order valence-electron chi connectivity index (χ1n) is 10.6. The second-order valence-electron chi connectivity index (χ2n) is 8.82. The van der Waals surface area contributed by atoms with Gasteiger partial charge in [-0.2, -0.15) is 4.98 Å². The van der Waals surface area contributed by atoms with Crippen LogP contribution in [0, 0.1) is 6.92 Å². The summed E-state index contributed by atoms with van der Waals surface area (Å²) >= 11 is 3.55. The summed E-state index contributed by atoms with van der Waals surface area (Å²) in [6.07, 6.45) is 1.73. The molecule has 1 aliphatic heterocycles. The molecule has 5 rings (SSSR count). The minimum absolute atomic E-state index is 0.0176. The molecule has 10 heteroatoms. The zero-order chi connectivity index (χ0) is 22.9. The lowest BCUT2D eigenvalue weighted by molar-refractivity contribution is -0.127. The fourth-order valence-electron chi connectivity index (χ4n) is 4.79. The quantitative estimate of drug-likeness (QED) is 0.578. The van der Waals surface area contributed by atoms with Crippen LogP contribution in [0.15, 0.2) is 25.8 Å². The fraction of sp³-hybridized carbons (Fsp3) is 0.455. The number of likely N-dealkylation sites (tertiary alicyclic amines) is 1. The average molecular weight is 503 g/mol. The topological polar surface area (TPSA) is 109 Å². The van der Waals surface area contributed by atoms with E-state index >= 15 is 0 Å². The highest BCUT2D eigenvalue weighted by molar-refractivity contribution is 9.10. The highest BCUT2D eigenvalue weighted by Crippen LogP contribution is 2.40. The van der Waals surface area contributed by atoms with E-state index in [1.807, 2.05) is 19.1 Å². The molecule has 1 N–H and O–H groups in total. The Morgan fingerprint density at radius 1 is 1.34 bits per heavy atom. The molecule has 0 spiro atoms. The molecule has 0 bridgehead atoms. The zero-order valence-electron chi connectivity index (χ0n) is 18.0. The Kier molecular flexibility index (Phi) is 4.63. The van der Waals surface area contributed by atoms with Crippen molar-refractivity contribution in [3.63, 3.8) is 0 Å². The minimum atomic E-state index is -1.21. The van der Waals surface area contributed by atoms with Gasteiger partial charge in [-0.05, 0) is 57.2 Å². The summed E-state index contributed by atoms with van der Waals surface area (Å²) in [5.74, 6) is -0.435. The Balaban J connectivity index is 1.67. The molecule has 1 aromatic carbocycles. The first kappa shape index (κ1) is 21.0. The van der Waals surface area contributed by atoms with Gasteiger partial charge in [0.2, 0.25) is 0 Å². The lowest BCUT2D eigenvalue weighted by Crippen LogP contribution is -2.55. The van der Waals surface area contributed by atoms with Gasteiger partial charge in [-0.1, -0.05) is 15.9 Å². The monoisotopic (exact) mass is 502 g/mol. The third kappa shape index (κ3) is 2.88. The Labute approximate surface area is 191 Å². The van der Waals surface area contributed by atoms with Gasteiger partial charge in [0, 0.05) is 29.5 Å². The number of carbonyl (C=O) groups is 2. The summed E-state index contributed by atoms with van der Waals surface area (Å²) < 4.78 is 8.68. The van der Waals surface area contributed by atoms with Crippen LogP contribution < -0.4 is 10.5 Å². The molecule has 1 saturated carbocycles. The van der Waals surface area contributed by atoms with E-state index in [0.717, 1.165) is 38.7 Å². The molecular formula is C22H23BrN4O5. The standard InChI is InChI=1S/C22H23BrN4O5/c1-11-14(23)8-7-13-16(11)27(12-5-6-12)18(28)15-17(13)32-20(24-15)25(3)19(29)22(2)9-4-10-26(22)21(30)31/h7-8,12H,4-6,9-10H2,1-3H3,(H,30,31). The predicted molar refractivity (Wildman–Crippen MR) is 122 cm³/mol. The number of halogens is 1. The lowest BCUT2D eigenvalue weighted by Gasteiger charge is -2.33. The van der Waals surface area contributed by atoms with Gasteiger partial charge in [0.1, 0.15) is 5.54 Å². The smallest absolute Gasteiger partial charge is 0.408 e. The number of benzene rings is 1. The van der Waals surface area contributed by atoms with E-state index in [0.29, 0.717) is 25.0 Å². The summed E-state index contributed by atoms with van der Waals surface area (Å²) in [5, 5.41) is 10.3. The Morgan fingerprint density at radius 2 is 2.06 bits per heavy atom. The van der Waals surface area contributed by atoms with Crippen molar-refractivity contribution >= 4 is 55.9 Å². The summed E-state index contributed by atoms with van der Waals surface area (Å²) in [6, 6.07) is 3.90. The van der Waals surface area contributed by atoms with Crippen molar-refractivity contribution < 1.29 is 19.1 Å². The highest BCUT2D eigenvalue weighted by Gasteiger charge is 2.48. The number of fused-ring (bicyclic) bond motifs is 3. The number of carboxylic acid groups (broad SMARTS) is 1. The highest BCUT2D eigenvalue weighted by atomic mass is 79.9. The number of aromatic nitrogens is 2. The van der Waals surface area contributed by atoms with Crippen LogP contribution in [0.5, 0.6) is 0 Å². The average Bonchev–Trinajstić information content (AvgIpc) is 3.34. The maximum absolute atomic E-state index is 13.4. The SMILES string of the molecule is Cc1c(Br)ccc2c3oc(N(C)C(=O)C4(C)CCCN4C(=O)O)nc3c(=O)n(C3CC3)c12. The van der Waals surface area contributed by atoms with E-state index in [9.17, 15) is 19.5 Å². The largest absolute Gasteiger partial charge is 0.465 e. The van der Waals surface area contributed by atoms with Crippen molar-refractivity contribution in [2.75, 3.05) is 18.5 Å². The van der Waals surface area contributed by atoms with E-state index in [1.165, 1.54) is 11.9 Å². The van der Waals surface area contributed by atoms with Crippen LogP contribution in [0.1, 0.15) is 44.2 Å². The molecule has 1 saturated heterocycles. The van der Waals surface area contributed by atoms with Gasteiger partial charge in [0.25, 0.3) is 11.5 Å². The molecule has 1 unspecified atom stereocenters. The van der Waals surface area contributed by atoms with Gasteiger partial charge in [-0.15, -0.1) is 0 Å². The van der Waals surface area contributed by atoms with E-state index in [-0.39, 0.29) is 23.1 Å². The van der Waals surface area contributed by atoms with Gasteiger partial charge in [-0.25, -0.2) is 4.79 Å². The molecule has 2 fully saturated rings. The second-order valence-corrected chi connectivity index (χ2v) is 9.68. The first-order valence-corrected chi connectivity index (χ1v) is 11.4. The van der Waals surface area contributed by atoms with Crippen molar-refractivity contribution in [1.29, 1.82) is 0 Å². The summed E-state index contributed by atoms with van der Waals surface area (Å²) in [4.78, 5) is 45.1. The normalized spacial score (nSPS) is 20.9. The Morgan fingerprint density at radius 3 is 2.72 bits per heavy atom. The molecule has 2 aliphatic rings. The van der Waals surface area contributed by atoms with Gasteiger partial charge in [0.15, 0.2) is 11.1 Å². The molecule has 1 aliphatic carbocycles. The molecule has 0 radical (unpaired) electrons. The van der Waals surface area contributed by atoms with Crippen LogP contribution >= 0.6 is 15.9 Å². The number of pyridine rings is 1. The first-order chi connectivity index (χ1) is 15.1. The molecule has 168 valence electrons. The predicted octanol–water partition coefficient (Wildman–Crippen LogP) is 4.04. The fourth-order valence-corrected chi connectivity index (χ4v) is 5.11. The summed E-state index contributed by atoms with van der Waals surface area (Å²) in [6.45, 7) is 3.86. The van der Waals surface area contributed by atoms with Gasteiger partial charge >= 0.3 is 12.1 Å². The number of carbonyl (C=O) groups excluding carboxylic acids is 1. The third-order valence-corrected chi connectivity index (χ3v) is 7.58. The number of aryl methyl sites for hydroxylation is 1. The summed E-state index contributed by atoms with van der Waals surface area (Å²) in [7, 11) is 1.50. The van der Waals surface area contributed by atoms with E-state index in [1.54, 1.807) is 11.5 Å².